The van der Waals surface area contributed by atoms with Crippen molar-refractivity contribution in [1.29, 1.82) is 0 Å². The number of rotatable bonds is 2. The van der Waals surface area contributed by atoms with Crippen LogP contribution >= 0.6 is 23.4 Å². The first-order chi connectivity index (χ1) is 10.1. The highest BCUT2D eigenvalue weighted by atomic mass is 35.5. The number of nitrogens with zero attached hydrogens (tertiary/aromatic N) is 1. The Hall–Kier alpha value is -0.750. The number of halogens is 1. The summed E-state index contributed by atoms with van der Waals surface area (Å²) in [6.07, 6.45) is 3.42. The molecular weight excluding hydrogens is 310 g/mol. The predicted molar refractivity (Wildman–Crippen MR) is 83.0 cm³/mol. The fraction of sp³-hybridized carbons (Fsp3) is 0.533. The first-order valence-corrected chi connectivity index (χ1v) is 8.64. The fourth-order valence-corrected chi connectivity index (χ4v) is 3.44. The van der Waals surface area contributed by atoms with Gasteiger partial charge in [0.05, 0.1) is 23.8 Å². The lowest BCUT2D eigenvalue weighted by Gasteiger charge is -2.37. The first kappa shape index (κ1) is 15.2. The number of amides is 1. The predicted octanol–water partition coefficient (Wildman–Crippen LogP) is 3.04. The van der Waals surface area contributed by atoms with Crippen LogP contribution < -0.4 is 0 Å². The summed E-state index contributed by atoms with van der Waals surface area (Å²) in [4.78, 5) is 15.5. The SMILES string of the molecule is CSc1ccc(Cl)c(C(=O)N2CCC3(CC2)OCCO3)c1. The van der Waals surface area contributed by atoms with Crippen LogP contribution in [0.15, 0.2) is 23.1 Å². The van der Waals surface area contributed by atoms with Gasteiger partial charge in [0.25, 0.3) is 5.91 Å². The van der Waals surface area contributed by atoms with Gasteiger partial charge in [-0.3, -0.25) is 4.79 Å². The van der Waals surface area contributed by atoms with E-state index >= 15 is 0 Å². The molecule has 6 heteroatoms. The fourth-order valence-electron chi connectivity index (χ4n) is 2.80. The number of carbonyl (C=O) groups excluding carboxylic acids is 1. The minimum Gasteiger partial charge on any atom is -0.347 e. The third-order valence-corrected chi connectivity index (χ3v) is 5.08. The zero-order chi connectivity index (χ0) is 14.9. The van der Waals surface area contributed by atoms with E-state index in [1.807, 2.05) is 23.3 Å². The average molecular weight is 328 g/mol. The quantitative estimate of drug-likeness (QED) is 0.783. The van der Waals surface area contributed by atoms with Gasteiger partial charge >= 0.3 is 0 Å². The van der Waals surface area contributed by atoms with Crippen molar-refractivity contribution in [2.45, 2.75) is 23.5 Å². The lowest BCUT2D eigenvalue weighted by molar-refractivity contribution is -0.181. The molecule has 0 aromatic heterocycles. The summed E-state index contributed by atoms with van der Waals surface area (Å²) in [5.41, 5.74) is 0.577. The number of piperidine rings is 1. The van der Waals surface area contributed by atoms with E-state index in [0.717, 1.165) is 17.7 Å². The molecule has 114 valence electrons. The summed E-state index contributed by atoms with van der Waals surface area (Å²) in [6.45, 7) is 2.57. The van der Waals surface area contributed by atoms with Gasteiger partial charge in [0.2, 0.25) is 0 Å². The van der Waals surface area contributed by atoms with Crippen molar-refractivity contribution in [2.75, 3.05) is 32.6 Å². The van der Waals surface area contributed by atoms with Gasteiger partial charge in [-0.2, -0.15) is 0 Å². The first-order valence-electron chi connectivity index (χ1n) is 7.04. The monoisotopic (exact) mass is 327 g/mol. The highest BCUT2D eigenvalue weighted by Crippen LogP contribution is 2.32. The number of ether oxygens (including phenoxy) is 2. The van der Waals surface area contributed by atoms with Crippen molar-refractivity contribution in [3.05, 3.63) is 28.8 Å². The summed E-state index contributed by atoms with van der Waals surface area (Å²) >= 11 is 7.78. The van der Waals surface area contributed by atoms with Gasteiger partial charge in [-0.25, -0.2) is 0 Å². The molecule has 2 aliphatic rings. The maximum Gasteiger partial charge on any atom is 0.255 e. The minimum absolute atomic E-state index is 0.0104. The Bertz CT molecular complexity index is 536. The molecule has 4 nitrogen and oxygen atoms in total. The Balaban J connectivity index is 1.72. The molecule has 1 spiro atoms. The third-order valence-electron chi connectivity index (χ3n) is 4.03. The molecule has 3 rings (SSSR count). The highest BCUT2D eigenvalue weighted by molar-refractivity contribution is 7.98. The lowest BCUT2D eigenvalue weighted by atomic mass is 10.0. The molecule has 2 fully saturated rings. The molecule has 2 aliphatic heterocycles. The lowest BCUT2D eigenvalue weighted by Crippen LogP contribution is -2.47. The van der Waals surface area contributed by atoms with Gasteiger partial charge in [-0.15, -0.1) is 11.8 Å². The molecule has 1 aromatic rings. The zero-order valence-corrected chi connectivity index (χ0v) is 13.5. The van der Waals surface area contributed by atoms with Crippen LogP contribution in [0.1, 0.15) is 23.2 Å². The van der Waals surface area contributed by atoms with Crippen LogP contribution in [0.5, 0.6) is 0 Å². The standard InChI is InChI=1S/C15H18ClNO3S/c1-21-11-2-3-13(16)12(10-11)14(18)17-6-4-15(5-7-17)19-8-9-20-15/h2-3,10H,4-9H2,1H3. The Kier molecular flexibility index (Phi) is 4.45. The molecule has 21 heavy (non-hydrogen) atoms. The van der Waals surface area contributed by atoms with E-state index in [9.17, 15) is 4.79 Å². The van der Waals surface area contributed by atoms with Crippen molar-refractivity contribution < 1.29 is 14.3 Å². The smallest absolute Gasteiger partial charge is 0.255 e. The van der Waals surface area contributed by atoms with Gasteiger partial charge in [0, 0.05) is 30.8 Å². The molecular formula is C15H18ClNO3S. The van der Waals surface area contributed by atoms with Gasteiger partial charge in [0.15, 0.2) is 5.79 Å². The summed E-state index contributed by atoms with van der Waals surface area (Å²) in [7, 11) is 0. The van der Waals surface area contributed by atoms with Gasteiger partial charge in [-0.05, 0) is 24.5 Å². The maximum absolute atomic E-state index is 12.6. The zero-order valence-electron chi connectivity index (χ0n) is 11.9. The molecule has 0 radical (unpaired) electrons. The van der Waals surface area contributed by atoms with Crippen molar-refractivity contribution in [3.63, 3.8) is 0 Å². The Morgan fingerprint density at radius 1 is 1.29 bits per heavy atom. The normalized spacial score (nSPS) is 21.0. The average Bonchev–Trinajstić information content (AvgIpc) is 2.96. The third kappa shape index (κ3) is 3.06. The van der Waals surface area contributed by atoms with Crippen LogP contribution in [0, 0.1) is 0 Å². The van der Waals surface area contributed by atoms with E-state index in [0.29, 0.717) is 36.9 Å². The second kappa shape index (κ2) is 6.16. The van der Waals surface area contributed by atoms with Crippen molar-refractivity contribution in [3.8, 4) is 0 Å². The molecule has 0 saturated carbocycles. The minimum atomic E-state index is -0.457. The van der Waals surface area contributed by atoms with Crippen LogP contribution in [-0.2, 0) is 9.47 Å². The van der Waals surface area contributed by atoms with Gasteiger partial charge < -0.3 is 14.4 Å². The van der Waals surface area contributed by atoms with Crippen LogP contribution in [0.25, 0.3) is 0 Å². The van der Waals surface area contributed by atoms with Gasteiger partial charge in [-0.1, -0.05) is 11.6 Å². The van der Waals surface area contributed by atoms with E-state index in [1.165, 1.54) is 0 Å². The van der Waals surface area contributed by atoms with Crippen molar-refractivity contribution in [2.24, 2.45) is 0 Å². The van der Waals surface area contributed by atoms with Gasteiger partial charge in [0.1, 0.15) is 0 Å². The van der Waals surface area contributed by atoms with E-state index in [1.54, 1.807) is 17.8 Å². The van der Waals surface area contributed by atoms with Crippen LogP contribution in [0.2, 0.25) is 5.02 Å². The molecule has 0 aliphatic carbocycles. The second-order valence-corrected chi connectivity index (χ2v) is 6.53. The summed E-state index contributed by atoms with van der Waals surface area (Å²) in [6, 6.07) is 5.58. The number of hydrogen-bond donors (Lipinski definition) is 0. The van der Waals surface area contributed by atoms with Crippen LogP contribution in [0.4, 0.5) is 0 Å². The second-order valence-electron chi connectivity index (χ2n) is 5.25. The van der Waals surface area contributed by atoms with Crippen molar-refractivity contribution in [1.82, 2.24) is 4.90 Å². The molecule has 0 bridgehead atoms. The molecule has 0 N–H and O–H groups in total. The van der Waals surface area contributed by atoms with E-state index in [2.05, 4.69) is 0 Å². The summed E-state index contributed by atoms with van der Waals surface area (Å²) < 4.78 is 11.4. The highest BCUT2D eigenvalue weighted by Gasteiger charge is 2.41. The summed E-state index contributed by atoms with van der Waals surface area (Å²) in [5, 5.41) is 0.506. The van der Waals surface area contributed by atoms with Crippen LogP contribution in [-0.4, -0.2) is 49.2 Å². The number of hydrogen-bond acceptors (Lipinski definition) is 4. The van der Waals surface area contributed by atoms with E-state index in [4.69, 9.17) is 21.1 Å². The molecule has 0 unspecified atom stereocenters. The topological polar surface area (TPSA) is 38.8 Å². The van der Waals surface area contributed by atoms with E-state index < -0.39 is 5.79 Å². The molecule has 1 aromatic carbocycles. The Labute approximate surface area is 133 Å². The number of benzene rings is 1. The summed E-state index contributed by atoms with van der Waals surface area (Å²) in [5.74, 6) is -0.467. The van der Waals surface area contributed by atoms with E-state index in [-0.39, 0.29) is 5.91 Å². The van der Waals surface area contributed by atoms with Crippen LogP contribution in [0.3, 0.4) is 0 Å². The Morgan fingerprint density at radius 2 is 1.95 bits per heavy atom. The molecule has 2 heterocycles. The number of likely N-dealkylation sites (tertiary alicyclic amines) is 1. The number of thioether (sulfide) groups is 1. The van der Waals surface area contributed by atoms with Crippen molar-refractivity contribution >= 4 is 29.3 Å². The molecule has 0 atom stereocenters. The Morgan fingerprint density at radius 3 is 2.57 bits per heavy atom. The molecule has 1 amide bonds. The largest absolute Gasteiger partial charge is 0.347 e. The molecule has 2 saturated heterocycles. The number of carbonyl (C=O) groups is 1. The maximum atomic E-state index is 12.6.